The van der Waals surface area contributed by atoms with Gasteiger partial charge >= 0.3 is 0 Å². The molecule has 6 heteroatoms. The molecule has 4 rings (SSSR count). The third-order valence-electron chi connectivity index (χ3n) is 5.58. The molecule has 0 spiro atoms. The molecule has 1 amide bonds. The molecule has 0 radical (unpaired) electrons. The number of para-hydroxylation sites is 1. The molecule has 1 N–H and O–H groups in total. The number of fused-ring (bicyclic) bond motifs is 1. The van der Waals surface area contributed by atoms with E-state index >= 15 is 0 Å². The second kappa shape index (κ2) is 11.3. The molecule has 0 aliphatic heterocycles. The van der Waals surface area contributed by atoms with Gasteiger partial charge in [0.1, 0.15) is 0 Å². The molecule has 4 aromatic rings. The predicted molar refractivity (Wildman–Crippen MR) is 140 cm³/mol. The lowest BCUT2D eigenvalue weighted by Gasteiger charge is -2.16. The smallest absolute Gasteiger partial charge is 0.272 e. The van der Waals surface area contributed by atoms with E-state index < -0.39 is 0 Å². The standard InChI is InChI=1S/C29H29N3O3/c1-4-20(3)35-27-16-15-21(17-28(27)34-5-2)19-30-32-29(33)24-18-26(22-11-7-6-8-12-22)31-25-14-10-9-13-23(24)25/h6-20H,4-5H2,1-3H3,(H,32,33)/b30-19+/t20-/m0/s1. The lowest BCUT2D eigenvalue weighted by Crippen LogP contribution is -2.18. The van der Waals surface area contributed by atoms with Crippen molar-refractivity contribution < 1.29 is 14.3 Å². The van der Waals surface area contributed by atoms with Crippen molar-refractivity contribution in [1.82, 2.24) is 10.4 Å². The summed E-state index contributed by atoms with van der Waals surface area (Å²) in [5.74, 6) is 1.04. The van der Waals surface area contributed by atoms with Gasteiger partial charge < -0.3 is 9.47 Å². The average molecular weight is 468 g/mol. The topological polar surface area (TPSA) is 72.8 Å². The highest BCUT2D eigenvalue weighted by Crippen LogP contribution is 2.29. The van der Waals surface area contributed by atoms with Gasteiger partial charge in [0, 0.05) is 10.9 Å². The number of nitrogens with one attached hydrogen (secondary N) is 1. The summed E-state index contributed by atoms with van der Waals surface area (Å²) in [6.45, 7) is 6.54. The Labute approximate surface area is 205 Å². The fourth-order valence-electron chi connectivity index (χ4n) is 3.62. The average Bonchev–Trinajstić information content (AvgIpc) is 2.90. The summed E-state index contributed by atoms with van der Waals surface area (Å²) >= 11 is 0. The van der Waals surface area contributed by atoms with Crippen LogP contribution in [0.25, 0.3) is 22.2 Å². The van der Waals surface area contributed by atoms with Gasteiger partial charge in [0.2, 0.25) is 0 Å². The summed E-state index contributed by atoms with van der Waals surface area (Å²) in [4.78, 5) is 17.8. The molecule has 0 fully saturated rings. The van der Waals surface area contributed by atoms with E-state index in [1.165, 1.54) is 0 Å². The van der Waals surface area contributed by atoms with Gasteiger partial charge in [-0.15, -0.1) is 0 Å². The Morgan fingerprint density at radius 3 is 2.54 bits per heavy atom. The Kier molecular flexibility index (Phi) is 7.73. The summed E-state index contributed by atoms with van der Waals surface area (Å²) in [7, 11) is 0. The maximum Gasteiger partial charge on any atom is 0.272 e. The molecule has 178 valence electrons. The van der Waals surface area contributed by atoms with Crippen LogP contribution < -0.4 is 14.9 Å². The van der Waals surface area contributed by atoms with E-state index in [1.54, 1.807) is 12.3 Å². The van der Waals surface area contributed by atoms with Gasteiger partial charge in [-0.05, 0) is 56.2 Å². The number of hydrogen-bond acceptors (Lipinski definition) is 5. The largest absolute Gasteiger partial charge is 0.490 e. The number of carbonyl (C=O) groups is 1. The Hall–Kier alpha value is -4.19. The van der Waals surface area contributed by atoms with E-state index in [1.807, 2.05) is 86.6 Å². The molecule has 0 aliphatic rings. The minimum absolute atomic E-state index is 0.0870. The SMILES string of the molecule is CCOc1cc(/C=N/NC(=O)c2cc(-c3ccccc3)nc3ccccc23)ccc1O[C@@H](C)CC. The third kappa shape index (κ3) is 5.84. The fourth-order valence-corrected chi connectivity index (χ4v) is 3.62. The summed E-state index contributed by atoms with van der Waals surface area (Å²) in [5.41, 5.74) is 6.38. The number of carbonyl (C=O) groups excluding carboxylic acids is 1. The van der Waals surface area contributed by atoms with Gasteiger partial charge in [-0.2, -0.15) is 5.10 Å². The molecule has 0 bridgehead atoms. The zero-order valence-electron chi connectivity index (χ0n) is 20.2. The number of amides is 1. The molecular formula is C29H29N3O3. The monoisotopic (exact) mass is 467 g/mol. The van der Waals surface area contributed by atoms with Crippen molar-refractivity contribution >= 4 is 23.0 Å². The molecule has 6 nitrogen and oxygen atoms in total. The second-order valence-electron chi connectivity index (χ2n) is 8.11. The lowest BCUT2D eigenvalue weighted by molar-refractivity contribution is 0.0956. The maximum absolute atomic E-state index is 13.1. The Morgan fingerprint density at radius 1 is 1.00 bits per heavy atom. The normalized spacial score (nSPS) is 12.0. The van der Waals surface area contributed by atoms with Crippen molar-refractivity contribution in [2.45, 2.75) is 33.3 Å². The van der Waals surface area contributed by atoms with Crippen LogP contribution in [0, 0.1) is 0 Å². The summed E-state index contributed by atoms with van der Waals surface area (Å²) in [5, 5.41) is 4.96. The Morgan fingerprint density at radius 2 is 1.77 bits per heavy atom. The van der Waals surface area contributed by atoms with Crippen molar-refractivity contribution in [2.75, 3.05) is 6.61 Å². The van der Waals surface area contributed by atoms with Gasteiger partial charge in [0.15, 0.2) is 11.5 Å². The molecule has 35 heavy (non-hydrogen) atoms. The number of ether oxygens (including phenoxy) is 2. The third-order valence-corrected chi connectivity index (χ3v) is 5.58. The van der Waals surface area contributed by atoms with Gasteiger partial charge in [-0.25, -0.2) is 10.4 Å². The van der Waals surface area contributed by atoms with Crippen LogP contribution >= 0.6 is 0 Å². The number of hydrogen-bond donors (Lipinski definition) is 1. The highest BCUT2D eigenvalue weighted by molar-refractivity contribution is 6.07. The highest BCUT2D eigenvalue weighted by atomic mass is 16.5. The van der Waals surface area contributed by atoms with Crippen LogP contribution in [0.15, 0.2) is 84.0 Å². The van der Waals surface area contributed by atoms with Crippen LogP contribution in [0.5, 0.6) is 11.5 Å². The molecule has 0 aliphatic carbocycles. The number of nitrogens with zero attached hydrogens (tertiary/aromatic N) is 2. The molecule has 1 heterocycles. The molecule has 1 aromatic heterocycles. The first-order valence-corrected chi connectivity index (χ1v) is 11.8. The zero-order chi connectivity index (χ0) is 24.6. The first-order valence-electron chi connectivity index (χ1n) is 11.8. The van der Waals surface area contributed by atoms with Crippen LogP contribution in [-0.2, 0) is 0 Å². The maximum atomic E-state index is 13.1. The number of benzene rings is 3. The van der Waals surface area contributed by atoms with Crippen LogP contribution in [0.2, 0.25) is 0 Å². The molecular weight excluding hydrogens is 438 g/mol. The number of hydrazone groups is 1. The minimum atomic E-state index is -0.307. The predicted octanol–water partition coefficient (Wildman–Crippen LogP) is 6.24. The first-order chi connectivity index (χ1) is 17.1. The van der Waals surface area contributed by atoms with E-state index in [-0.39, 0.29) is 12.0 Å². The van der Waals surface area contributed by atoms with E-state index in [0.717, 1.165) is 34.1 Å². The van der Waals surface area contributed by atoms with Gasteiger partial charge in [0.05, 0.1) is 35.7 Å². The molecule has 0 saturated heterocycles. The summed E-state index contributed by atoms with van der Waals surface area (Å²) in [6.07, 6.45) is 2.58. The summed E-state index contributed by atoms with van der Waals surface area (Å²) < 4.78 is 11.7. The van der Waals surface area contributed by atoms with Crippen molar-refractivity contribution in [3.05, 3.63) is 90.0 Å². The molecule has 1 atom stereocenters. The fraction of sp³-hybridized carbons (Fsp3) is 0.207. The zero-order valence-corrected chi connectivity index (χ0v) is 20.2. The molecule has 3 aromatic carbocycles. The molecule has 0 saturated carbocycles. The van der Waals surface area contributed by atoms with Crippen LogP contribution in [0.1, 0.15) is 43.1 Å². The van der Waals surface area contributed by atoms with Crippen molar-refractivity contribution in [1.29, 1.82) is 0 Å². The van der Waals surface area contributed by atoms with Gasteiger partial charge in [0.25, 0.3) is 5.91 Å². The van der Waals surface area contributed by atoms with Crippen LogP contribution in [0.3, 0.4) is 0 Å². The van der Waals surface area contributed by atoms with E-state index in [2.05, 4.69) is 17.5 Å². The number of aromatic nitrogens is 1. The minimum Gasteiger partial charge on any atom is -0.490 e. The van der Waals surface area contributed by atoms with Crippen LogP contribution in [0.4, 0.5) is 0 Å². The van der Waals surface area contributed by atoms with Gasteiger partial charge in [-0.1, -0.05) is 55.5 Å². The first kappa shape index (κ1) is 24.0. The highest BCUT2D eigenvalue weighted by Gasteiger charge is 2.14. The van der Waals surface area contributed by atoms with Gasteiger partial charge in [-0.3, -0.25) is 4.79 Å². The Balaban J connectivity index is 1.57. The van der Waals surface area contributed by atoms with Crippen molar-refractivity contribution in [2.24, 2.45) is 5.10 Å². The van der Waals surface area contributed by atoms with E-state index in [0.29, 0.717) is 23.7 Å². The summed E-state index contributed by atoms with van der Waals surface area (Å²) in [6, 6.07) is 24.8. The lowest BCUT2D eigenvalue weighted by atomic mass is 10.0. The van der Waals surface area contributed by atoms with Crippen molar-refractivity contribution in [3.8, 4) is 22.8 Å². The van der Waals surface area contributed by atoms with Crippen LogP contribution in [-0.4, -0.2) is 29.8 Å². The Bertz CT molecular complexity index is 1340. The molecule has 0 unspecified atom stereocenters. The quantitative estimate of drug-likeness (QED) is 0.234. The second-order valence-corrected chi connectivity index (χ2v) is 8.11. The number of pyridine rings is 1. The van der Waals surface area contributed by atoms with E-state index in [9.17, 15) is 4.79 Å². The van der Waals surface area contributed by atoms with E-state index in [4.69, 9.17) is 14.5 Å². The number of rotatable bonds is 9. The van der Waals surface area contributed by atoms with Crippen molar-refractivity contribution in [3.63, 3.8) is 0 Å².